The zero-order valence-electron chi connectivity index (χ0n) is 9.95. The van der Waals surface area contributed by atoms with Crippen molar-refractivity contribution in [1.82, 2.24) is 4.98 Å². The average Bonchev–Trinajstić information content (AvgIpc) is 2.95. The third-order valence-corrected chi connectivity index (χ3v) is 2.87. The number of benzene rings is 2. The van der Waals surface area contributed by atoms with E-state index in [1.54, 1.807) is 0 Å². The number of H-pyrrole nitrogens is 1. The van der Waals surface area contributed by atoms with Gasteiger partial charge in [0.1, 0.15) is 0 Å². The van der Waals surface area contributed by atoms with Crippen LogP contribution in [0.3, 0.4) is 0 Å². The van der Waals surface area contributed by atoms with E-state index in [0.29, 0.717) is 0 Å². The molecule has 18 heavy (non-hydrogen) atoms. The van der Waals surface area contributed by atoms with Crippen molar-refractivity contribution in [3.63, 3.8) is 0 Å². The van der Waals surface area contributed by atoms with Gasteiger partial charge in [-0.25, -0.2) is 0 Å². The fraction of sp³-hybridized carbons (Fsp3) is 0. The van der Waals surface area contributed by atoms with Crippen molar-refractivity contribution in [2.75, 3.05) is 4.90 Å². The number of hydrogen-bond donors (Lipinski definition) is 1. The summed E-state index contributed by atoms with van der Waals surface area (Å²) in [5.74, 6) is 0. The smallest absolute Gasteiger partial charge is 0.0636 e. The topological polar surface area (TPSA) is 19.0 Å². The summed E-state index contributed by atoms with van der Waals surface area (Å²) in [6.07, 6.45) is 3.94. The molecule has 0 amide bonds. The SMILES string of the molecule is c1ccc(N(c2ccccc2)c2cc[nH]c2)cc1. The van der Waals surface area contributed by atoms with Crippen LogP contribution < -0.4 is 4.90 Å². The Hall–Kier alpha value is -2.48. The molecular formula is C16H14N2. The Morgan fingerprint density at radius 3 is 1.61 bits per heavy atom. The van der Waals surface area contributed by atoms with Crippen molar-refractivity contribution in [3.8, 4) is 0 Å². The first-order chi connectivity index (χ1) is 8.95. The number of aromatic amines is 1. The lowest BCUT2D eigenvalue weighted by Gasteiger charge is -2.23. The molecule has 0 saturated carbocycles. The first kappa shape index (κ1) is 10.7. The Balaban J connectivity index is 2.11. The Bertz CT molecular complexity index is 546. The van der Waals surface area contributed by atoms with E-state index >= 15 is 0 Å². The zero-order valence-corrected chi connectivity index (χ0v) is 9.95. The summed E-state index contributed by atoms with van der Waals surface area (Å²) in [7, 11) is 0. The number of nitrogens with one attached hydrogen (secondary N) is 1. The van der Waals surface area contributed by atoms with Gasteiger partial charge in [-0.05, 0) is 30.3 Å². The highest BCUT2D eigenvalue weighted by atomic mass is 15.1. The van der Waals surface area contributed by atoms with Gasteiger partial charge in [0.25, 0.3) is 0 Å². The predicted molar refractivity (Wildman–Crippen MR) is 75.5 cm³/mol. The summed E-state index contributed by atoms with van der Waals surface area (Å²) < 4.78 is 0. The van der Waals surface area contributed by atoms with Crippen molar-refractivity contribution in [2.24, 2.45) is 0 Å². The van der Waals surface area contributed by atoms with Gasteiger partial charge in [-0.3, -0.25) is 0 Å². The lowest BCUT2D eigenvalue weighted by Crippen LogP contribution is -2.08. The average molecular weight is 234 g/mol. The van der Waals surface area contributed by atoms with E-state index in [1.807, 2.05) is 24.5 Å². The van der Waals surface area contributed by atoms with Crippen LogP contribution in [-0.4, -0.2) is 4.98 Å². The van der Waals surface area contributed by atoms with Gasteiger partial charge in [-0.1, -0.05) is 36.4 Å². The van der Waals surface area contributed by atoms with E-state index in [0.717, 1.165) is 17.1 Å². The fourth-order valence-corrected chi connectivity index (χ4v) is 2.06. The maximum absolute atomic E-state index is 3.11. The molecule has 88 valence electrons. The predicted octanol–water partition coefficient (Wildman–Crippen LogP) is 4.48. The summed E-state index contributed by atoms with van der Waals surface area (Å²) >= 11 is 0. The van der Waals surface area contributed by atoms with Gasteiger partial charge in [-0.15, -0.1) is 0 Å². The molecule has 0 saturated heterocycles. The Morgan fingerprint density at radius 2 is 1.17 bits per heavy atom. The summed E-state index contributed by atoms with van der Waals surface area (Å²) in [5.41, 5.74) is 3.44. The number of hydrogen-bond acceptors (Lipinski definition) is 1. The van der Waals surface area contributed by atoms with Crippen LogP contribution >= 0.6 is 0 Å². The molecule has 0 spiro atoms. The standard InChI is InChI=1S/C16H14N2/c1-3-7-14(8-4-1)18(16-11-12-17-13-16)15-9-5-2-6-10-15/h1-13,17H. The molecular weight excluding hydrogens is 220 g/mol. The lowest BCUT2D eigenvalue weighted by molar-refractivity contribution is 1.28. The number of anilines is 3. The number of aromatic nitrogens is 1. The molecule has 0 unspecified atom stereocenters. The second-order valence-electron chi connectivity index (χ2n) is 4.08. The van der Waals surface area contributed by atoms with E-state index in [-0.39, 0.29) is 0 Å². The van der Waals surface area contributed by atoms with Crippen LogP contribution in [0.5, 0.6) is 0 Å². The second-order valence-corrected chi connectivity index (χ2v) is 4.08. The zero-order chi connectivity index (χ0) is 12.2. The summed E-state index contributed by atoms with van der Waals surface area (Å²) in [4.78, 5) is 5.33. The highest BCUT2D eigenvalue weighted by Crippen LogP contribution is 2.33. The normalized spacial score (nSPS) is 10.2. The monoisotopic (exact) mass is 234 g/mol. The van der Waals surface area contributed by atoms with Gasteiger partial charge in [0, 0.05) is 23.8 Å². The van der Waals surface area contributed by atoms with Crippen LogP contribution in [0.2, 0.25) is 0 Å². The molecule has 0 radical (unpaired) electrons. The van der Waals surface area contributed by atoms with Crippen molar-refractivity contribution in [2.45, 2.75) is 0 Å². The third-order valence-electron chi connectivity index (χ3n) is 2.87. The summed E-state index contributed by atoms with van der Waals surface area (Å²) in [5, 5.41) is 0. The Labute approximate surface area is 107 Å². The molecule has 1 heterocycles. The lowest BCUT2D eigenvalue weighted by atomic mass is 10.2. The Kier molecular flexibility index (Phi) is 2.84. The minimum Gasteiger partial charge on any atom is -0.366 e. The van der Waals surface area contributed by atoms with Crippen LogP contribution in [0, 0.1) is 0 Å². The minimum absolute atomic E-state index is 1.13. The highest BCUT2D eigenvalue weighted by Gasteiger charge is 2.10. The van der Waals surface area contributed by atoms with Crippen LogP contribution in [0.4, 0.5) is 17.1 Å². The molecule has 0 fully saturated rings. The number of nitrogens with zero attached hydrogens (tertiary/aromatic N) is 1. The molecule has 0 aliphatic heterocycles. The van der Waals surface area contributed by atoms with Gasteiger partial charge < -0.3 is 9.88 Å². The number of para-hydroxylation sites is 2. The molecule has 1 N–H and O–H groups in total. The molecule has 2 aromatic carbocycles. The maximum atomic E-state index is 3.11. The van der Waals surface area contributed by atoms with Gasteiger partial charge in [-0.2, -0.15) is 0 Å². The largest absolute Gasteiger partial charge is 0.366 e. The molecule has 0 aliphatic carbocycles. The van der Waals surface area contributed by atoms with Crippen molar-refractivity contribution in [3.05, 3.63) is 79.1 Å². The van der Waals surface area contributed by atoms with E-state index < -0.39 is 0 Å². The van der Waals surface area contributed by atoms with Crippen molar-refractivity contribution < 1.29 is 0 Å². The third kappa shape index (κ3) is 2.00. The molecule has 0 aliphatic rings. The molecule has 2 heteroatoms. The fourth-order valence-electron chi connectivity index (χ4n) is 2.06. The molecule has 0 bridgehead atoms. The summed E-state index contributed by atoms with van der Waals surface area (Å²) in [6, 6.07) is 22.8. The minimum atomic E-state index is 1.13. The van der Waals surface area contributed by atoms with Crippen LogP contribution in [0.1, 0.15) is 0 Å². The van der Waals surface area contributed by atoms with E-state index in [4.69, 9.17) is 0 Å². The van der Waals surface area contributed by atoms with E-state index in [9.17, 15) is 0 Å². The Morgan fingerprint density at radius 1 is 0.611 bits per heavy atom. The van der Waals surface area contributed by atoms with Crippen LogP contribution in [-0.2, 0) is 0 Å². The molecule has 2 nitrogen and oxygen atoms in total. The first-order valence-electron chi connectivity index (χ1n) is 5.98. The molecule has 3 rings (SSSR count). The van der Waals surface area contributed by atoms with Crippen molar-refractivity contribution in [1.29, 1.82) is 0 Å². The van der Waals surface area contributed by atoms with E-state index in [1.165, 1.54) is 0 Å². The first-order valence-corrected chi connectivity index (χ1v) is 5.98. The van der Waals surface area contributed by atoms with E-state index in [2.05, 4.69) is 64.5 Å². The van der Waals surface area contributed by atoms with Gasteiger partial charge in [0.2, 0.25) is 0 Å². The van der Waals surface area contributed by atoms with Crippen LogP contribution in [0.15, 0.2) is 79.1 Å². The highest BCUT2D eigenvalue weighted by molar-refractivity contribution is 5.75. The van der Waals surface area contributed by atoms with Gasteiger partial charge >= 0.3 is 0 Å². The molecule has 1 aromatic heterocycles. The number of rotatable bonds is 3. The second kappa shape index (κ2) is 4.80. The van der Waals surface area contributed by atoms with Gasteiger partial charge in [0.15, 0.2) is 0 Å². The maximum Gasteiger partial charge on any atom is 0.0636 e. The van der Waals surface area contributed by atoms with Crippen molar-refractivity contribution >= 4 is 17.1 Å². The molecule has 3 aromatic rings. The van der Waals surface area contributed by atoms with Gasteiger partial charge in [0.05, 0.1) is 5.69 Å². The summed E-state index contributed by atoms with van der Waals surface area (Å²) in [6.45, 7) is 0. The van der Waals surface area contributed by atoms with Crippen LogP contribution in [0.25, 0.3) is 0 Å². The quantitative estimate of drug-likeness (QED) is 0.707. The molecule has 0 atom stereocenters.